The van der Waals surface area contributed by atoms with E-state index in [1.807, 2.05) is 58.2 Å². The van der Waals surface area contributed by atoms with Crippen LogP contribution < -0.4 is 5.32 Å². The summed E-state index contributed by atoms with van der Waals surface area (Å²) in [5.74, 6) is 0.213. The van der Waals surface area contributed by atoms with Crippen molar-refractivity contribution in [1.82, 2.24) is 20.0 Å². The number of carbonyl (C=O) groups is 2. The van der Waals surface area contributed by atoms with Crippen LogP contribution in [0.2, 0.25) is 0 Å². The number of nitrogens with one attached hydrogen (secondary N) is 1. The van der Waals surface area contributed by atoms with Gasteiger partial charge in [-0.2, -0.15) is 0 Å². The Morgan fingerprint density at radius 2 is 1.69 bits per heavy atom. The minimum atomic E-state index is -0.338. The van der Waals surface area contributed by atoms with Crippen LogP contribution in [-0.2, 0) is 4.74 Å². The Bertz CT molecular complexity index is 1190. The maximum absolute atomic E-state index is 13.7. The van der Waals surface area contributed by atoms with Gasteiger partial charge < -0.3 is 19.9 Å². The number of piperidine rings is 1. The number of rotatable bonds is 10. The molecule has 0 aromatic heterocycles. The van der Waals surface area contributed by atoms with Crippen molar-refractivity contribution in [3.05, 3.63) is 68.4 Å². The Kier molecular flexibility index (Phi) is 11.5. The van der Waals surface area contributed by atoms with Crippen molar-refractivity contribution in [1.29, 1.82) is 0 Å². The molecule has 2 heterocycles. The fraction of sp³-hybridized carbons (Fsp3) is 0.562. The van der Waals surface area contributed by atoms with Crippen LogP contribution in [0.3, 0.4) is 0 Å². The third-order valence-electron chi connectivity index (χ3n) is 8.12. The summed E-state index contributed by atoms with van der Waals surface area (Å²) in [6.07, 6.45) is 2.63. The van der Waals surface area contributed by atoms with Crippen LogP contribution in [0.4, 0.5) is 9.18 Å². The molecule has 0 aliphatic carbocycles. The molecule has 7 nitrogen and oxygen atoms in total. The zero-order valence-corrected chi connectivity index (χ0v) is 28.2. The molecule has 0 radical (unpaired) electrons. The number of ether oxygens (including phenoxy) is 1. The average Bonchev–Trinajstić information content (AvgIpc) is 2.89. The molecule has 42 heavy (non-hydrogen) atoms. The van der Waals surface area contributed by atoms with Gasteiger partial charge >= 0.3 is 6.09 Å². The van der Waals surface area contributed by atoms with Gasteiger partial charge in [0.2, 0.25) is 0 Å². The smallest absolute Gasteiger partial charge is 0.407 e. The summed E-state index contributed by atoms with van der Waals surface area (Å²) in [6.45, 7) is 11.9. The first-order chi connectivity index (χ1) is 19.9. The lowest BCUT2D eigenvalue weighted by atomic mass is 9.92. The van der Waals surface area contributed by atoms with Crippen LogP contribution >= 0.6 is 31.9 Å². The molecule has 0 bridgehead atoms. The third-order valence-corrected chi connectivity index (χ3v) is 9.03. The second-order valence-corrected chi connectivity index (χ2v) is 14.6. The Morgan fingerprint density at radius 3 is 2.29 bits per heavy atom. The molecule has 0 spiro atoms. The van der Waals surface area contributed by atoms with Gasteiger partial charge in [0, 0.05) is 58.7 Å². The second kappa shape index (κ2) is 14.6. The largest absolute Gasteiger partial charge is 0.449 e. The van der Waals surface area contributed by atoms with Gasteiger partial charge in [-0.05, 0) is 101 Å². The van der Waals surface area contributed by atoms with E-state index in [1.54, 1.807) is 4.90 Å². The molecule has 2 fully saturated rings. The summed E-state index contributed by atoms with van der Waals surface area (Å²) in [5, 5.41) is 2.85. The molecule has 1 atom stereocenters. The number of carbonyl (C=O) groups excluding carboxylic acids is 2. The lowest BCUT2D eigenvalue weighted by Crippen LogP contribution is -2.61. The molecular weight excluding hydrogens is 667 g/mol. The molecule has 4 rings (SSSR count). The summed E-state index contributed by atoms with van der Waals surface area (Å²) >= 11 is 6.94. The SMILES string of the molecule is CN(CC(CCN1CC(N2CCC(COC(=O)NC(C)(C)C)CC2)C1)c1ccc(F)cc1)C(=O)c1cc(Br)cc(Br)c1. The van der Waals surface area contributed by atoms with Gasteiger partial charge in [0.05, 0.1) is 6.61 Å². The number of hydrogen-bond donors (Lipinski definition) is 1. The van der Waals surface area contributed by atoms with Gasteiger partial charge in [-0.1, -0.05) is 44.0 Å². The van der Waals surface area contributed by atoms with E-state index < -0.39 is 0 Å². The quantitative estimate of drug-likeness (QED) is 0.305. The number of benzene rings is 2. The maximum Gasteiger partial charge on any atom is 0.407 e. The van der Waals surface area contributed by atoms with Gasteiger partial charge in [0.1, 0.15) is 5.82 Å². The van der Waals surface area contributed by atoms with Gasteiger partial charge in [0.25, 0.3) is 5.91 Å². The first-order valence-corrected chi connectivity index (χ1v) is 16.3. The van der Waals surface area contributed by atoms with Gasteiger partial charge in [-0.25, -0.2) is 9.18 Å². The summed E-state index contributed by atoms with van der Waals surface area (Å²) < 4.78 is 20.8. The Balaban J connectivity index is 1.24. The average molecular weight is 711 g/mol. The van der Waals surface area contributed by atoms with Gasteiger partial charge in [0.15, 0.2) is 0 Å². The monoisotopic (exact) mass is 708 g/mol. The number of nitrogens with zero attached hydrogens (tertiary/aromatic N) is 3. The van der Waals surface area contributed by atoms with Crippen molar-refractivity contribution in [2.24, 2.45) is 5.92 Å². The van der Waals surface area contributed by atoms with E-state index in [2.05, 4.69) is 47.0 Å². The predicted octanol–water partition coefficient (Wildman–Crippen LogP) is 6.52. The van der Waals surface area contributed by atoms with E-state index in [1.165, 1.54) is 12.1 Å². The Labute approximate surface area is 266 Å². The summed E-state index contributed by atoms with van der Waals surface area (Å²) in [6, 6.07) is 12.8. The molecule has 2 aliphatic rings. The van der Waals surface area contributed by atoms with Gasteiger partial charge in [-0.3, -0.25) is 9.69 Å². The fourth-order valence-electron chi connectivity index (χ4n) is 5.72. The van der Waals surface area contributed by atoms with E-state index in [0.29, 0.717) is 30.7 Å². The van der Waals surface area contributed by atoms with E-state index in [4.69, 9.17) is 4.74 Å². The Hall–Kier alpha value is -2.01. The molecule has 1 N–H and O–H groups in total. The van der Waals surface area contributed by atoms with Crippen LogP contribution in [0.15, 0.2) is 51.4 Å². The number of likely N-dealkylation sites (tertiary alicyclic amines) is 2. The van der Waals surface area contributed by atoms with Crippen LogP contribution in [0.25, 0.3) is 0 Å². The van der Waals surface area contributed by atoms with E-state index >= 15 is 0 Å². The van der Waals surface area contributed by atoms with E-state index in [9.17, 15) is 14.0 Å². The minimum Gasteiger partial charge on any atom is -0.449 e. The number of likely N-dealkylation sites (N-methyl/N-ethyl adjacent to an activating group) is 1. The molecule has 2 amide bonds. The number of alkyl carbamates (subject to hydrolysis) is 1. The lowest BCUT2D eigenvalue weighted by molar-refractivity contribution is 0.00520. The van der Waals surface area contributed by atoms with Crippen molar-refractivity contribution in [3.63, 3.8) is 0 Å². The highest BCUT2D eigenvalue weighted by atomic mass is 79.9. The first-order valence-electron chi connectivity index (χ1n) is 14.7. The van der Waals surface area contributed by atoms with Gasteiger partial charge in [-0.15, -0.1) is 0 Å². The molecular formula is C32H43Br2FN4O3. The molecule has 1 unspecified atom stereocenters. The topological polar surface area (TPSA) is 65.1 Å². The van der Waals surface area contributed by atoms with Crippen molar-refractivity contribution in [2.45, 2.75) is 57.5 Å². The molecule has 2 aromatic carbocycles. The van der Waals surface area contributed by atoms with Crippen molar-refractivity contribution >= 4 is 43.9 Å². The maximum atomic E-state index is 13.7. The molecule has 10 heteroatoms. The second-order valence-electron chi connectivity index (χ2n) is 12.7. The van der Waals surface area contributed by atoms with Crippen molar-refractivity contribution in [3.8, 4) is 0 Å². The van der Waals surface area contributed by atoms with Crippen molar-refractivity contribution < 1.29 is 18.7 Å². The molecule has 230 valence electrons. The summed E-state index contributed by atoms with van der Waals surface area (Å²) in [5.41, 5.74) is 1.37. The highest BCUT2D eigenvalue weighted by molar-refractivity contribution is 9.11. The predicted molar refractivity (Wildman–Crippen MR) is 171 cm³/mol. The zero-order valence-electron chi connectivity index (χ0n) is 25.0. The van der Waals surface area contributed by atoms with Crippen LogP contribution in [0, 0.1) is 11.7 Å². The lowest BCUT2D eigenvalue weighted by Gasteiger charge is -2.48. The molecule has 2 saturated heterocycles. The Morgan fingerprint density at radius 1 is 1.07 bits per heavy atom. The number of halogens is 3. The number of amides is 2. The van der Waals surface area contributed by atoms with Crippen LogP contribution in [0.5, 0.6) is 0 Å². The highest BCUT2D eigenvalue weighted by Crippen LogP contribution is 2.28. The molecule has 2 aromatic rings. The van der Waals surface area contributed by atoms with Crippen LogP contribution in [-0.4, -0.2) is 91.2 Å². The molecule has 2 aliphatic heterocycles. The van der Waals surface area contributed by atoms with Crippen molar-refractivity contribution in [2.75, 3.05) is 52.9 Å². The highest BCUT2D eigenvalue weighted by Gasteiger charge is 2.34. The standard InChI is InChI=1S/C32H43Br2FN4O3/c1-32(2,3)36-31(41)42-21-22-9-13-39(14-10-22)29-19-38(20-29)12-11-24(23-5-7-28(35)8-6-23)18-37(4)30(40)25-15-26(33)17-27(34)16-25/h5-8,15-17,22,24,29H,9-14,18-21H2,1-4H3,(H,36,41). The zero-order chi connectivity index (χ0) is 30.4. The third kappa shape index (κ3) is 9.76. The first kappa shape index (κ1) is 32.9. The van der Waals surface area contributed by atoms with Crippen LogP contribution in [0.1, 0.15) is 61.9 Å². The minimum absolute atomic E-state index is 0.0447. The molecule has 0 saturated carbocycles. The normalized spacial score (nSPS) is 17.9. The summed E-state index contributed by atoms with van der Waals surface area (Å²) in [7, 11) is 1.83. The summed E-state index contributed by atoms with van der Waals surface area (Å²) in [4.78, 5) is 32.0. The van der Waals surface area contributed by atoms with E-state index in [0.717, 1.165) is 66.5 Å². The van der Waals surface area contributed by atoms with E-state index in [-0.39, 0.29) is 29.3 Å². The fourth-order valence-corrected chi connectivity index (χ4v) is 7.02. The number of hydrogen-bond acceptors (Lipinski definition) is 5.